The number of nitrogens with zero attached hydrogens (tertiary/aromatic N) is 1. The summed E-state index contributed by atoms with van der Waals surface area (Å²) >= 11 is 0. The Hall–Kier alpha value is -2.24. The van der Waals surface area contributed by atoms with Gasteiger partial charge in [-0.2, -0.15) is 0 Å². The third kappa shape index (κ3) is 5.38. The maximum atomic E-state index is 12.4. The first-order valence-electron chi connectivity index (χ1n) is 9.35. The van der Waals surface area contributed by atoms with Gasteiger partial charge in [-0.25, -0.2) is 0 Å². The average Bonchev–Trinajstić information content (AvgIpc) is 2.68. The molecule has 2 rings (SSSR count). The molecule has 6 heteroatoms. The number of hydrogen-bond acceptors (Lipinski definition) is 4. The summed E-state index contributed by atoms with van der Waals surface area (Å²) in [4.78, 5) is 26.1. The summed E-state index contributed by atoms with van der Waals surface area (Å²) < 4.78 is 10.5. The Bertz CT molecular complexity index is 610. The van der Waals surface area contributed by atoms with Crippen molar-refractivity contribution in [3.8, 4) is 11.5 Å². The quantitative estimate of drug-likeness (QED) is 0.771. The van der Waals surface area contributed by atoms with E-state index < -0.39 is 0 Å². The van der Waals surface area contributed by atoms with Crippen LogP contribution in [0.3, 0.4) is 0 Å². The molecule has 1 fully saturated rings. The van der Waals surface area contributed by atoms with Crippen molar-refractivity contribution in [1.29, 1.82) is 0 Å². The highest BCUT2D eigenvalue weighted by Crippen LogP contribution is 2.27. The Morgan fingerprint density at radius 2 is 1.85 bits per heavy atom. The van der Waals surface area contributed by atoms with Gasteiger partial charge in [0.1, 0.15) is 0 Å². The van der Waals surface area contributed by atoms with Gasteiger partial charge in [-0.05, 0) is 43.4 Å². The zero-order chi connectivity index (χ0) is 18.9. The zero-order valence-electron chi connectivity index (χ0n) is 16.0. The second-order valence-corrected chi connectivity index (χ2v) is 6.64. The van der Waals surface area contributed by atoms with E-state index in [0.29, 0.717) is 37.6 Å². The van der Waals surface area contributed by atoms with Gasteiger partial charge >= 0.3 is 0 Å². The number of piperidine rings is 1. The van der Waals surface area contributed by atoms with Crippen molar-refractivity contribution in [3.63, 3.8) is 0 Å². The number of hydrogen-bond donors (Lipinski definition) is 1. The molecular formula is C20H30N2O4. The molecule has 0 aromatic heterocycles. The van der Waals surface area contributed by atoms with Crippen molar-refractivity contribution in [2.75, 3.05) is 33.9 Å². The highest BCUT2D eigenvalue weighted by Gasteiger charge is 2.26. The Balaban J connectivity index is 1.75. The fourth-order valence-corrected chi connectivity index (χ4v) is 3.27. The summed E-state index contributed by atoms with van der Waals surface area (Å²) in [6.45, 7) is 3.97. The van der Waals surface area contributed by atoms with Crippen LogP contribution >= 0.6 is 0 Å². The molecule has 1 saturated heterocycles. The van der Waals surface area contributed by atoms with E-state index in [1.54, 1.807) is 14.2 Å². The summed E-state index contributed by atoms with van der Waals surface area (Å²) in [6.07, 6.45) is 3.70. The fraction of sp³-hybridized carbons (Fsp3) is 0.600. The number of amides is 2. The lowest BCUT2D eigenvalue weighted by Gasteiger charge is -2.31. The molecule has 0 atom stereocenters. The van der Waals surface area contributed by atoms with Gasteiger partial charge in [-0.15, -0.1) is 0 Å². The van der Waals surface area contributed by atoms with E-state index in [-0.39, 0.29) is 17.7 Å². The van der Waals surface area contributed by atoms with Gasteiger partial charge in [0, 0.05) is 32.0 Å². The lowest BCUT2D eigenvalue weighted by Crippen LogP contribution is -2.43. The van der Waals surface area contributed by atoms with Gasteiger partial charge < -0.3 is 19.7 Å². The van der Waals surface area contributed by atoms with E-state index in [1.807, 2.05) is 30.0 Å². The molecule has 0 radical (unpaired) electrons. The highest BCUT2D eigenvalue weighted by atomic mass is 16.5. The standard InChI is InChI=1S/C20H30N2O4/c1-4-5-19(23)22-12-9-16(10-13-22)20(24)21-11-8-15-6-7-17(25-2)18(14-15)26-3/h6-7,14,16H,4-5,8-13H2,1-3H3,(H,21,24). The highest BCUT2D eigenvalue weighted by molar-refractivity contribution is 5.80. The molecule has 1 aliphatic rings. The maximum Gasteiger partial charge on any atom is 0.223 e. The predicted octanol–water partition coefficient (Wildman–Crippen LogP) is 2.40. The summed E-state index contributed by atoms with van der Waals surface area (Å²) in [5, 5.41) is 3.02. The lowest BCUT2D eigenvalue weighted by atomic mass is 9.95. The van der Waals surface area contributed by atoms with Gasteiger partial charge in [0.15, 0.2) is 11.5 Å². The molecule has 144 valence electrons. The number of carbonyl (C=O) groups excluding carboxylic acids is 2. The lowest BCUT2D eigenvalue weighted by molar-refractivity contribution is -0.135. The van der Waals surface area contributed by atoms with Crippen molar-refractivity contribution in [3.05, 3.63) is 23.8 Å². The van der Waals surface area contributed by atoms with Gasteiger partial charge in [-0.1, -0.05) is 13.0 Å². The van der Waals surface area contributed by atoms with E-state index in [1.165, 1.54) is 0 Å². The maximum absolute atomic E-state index is 12.4. The van der Waals surface area contributed by atoms with Crippen molar-refractivity contribution >= 4 is 11.8 Å². The smallest absolute Gasteiger partial charge is 0.223 e. The van der Waals surface area contributed by atoms with Crippen LogP contribution in [0.15, 0.2) is 18.2 Å². The van der Waals surface area contributed by atoms with Crippen LogP contribution in [-0.2, 0) is 16.0 Å². The van der Waals surface area contributed by atoms with Crippen LogP contribution in [0.4, 0.5) is 0 Å². The first-order chi connectivity index (χ1) is 12.6. The molecule has 1 aromatic carbocycles. The van der Waals surface area contributed by atoms with Crippen LogP contribution in [0, 0.1) is 5.92 Å². The van der Waals surface area contributed by atoms with Crippen LogP contribution in [-0.4, -0.2) is 50.6 Å². The number of methoxy groups -OCH3 is 2. The molecule has 1 N–H and O–H groups in total. The molecule has 1 heterocycles. The van der Waals surface area contributed by atoms with Gasteiger partial charge in [0.05, 0.1) is 14.2 Å². The molecule has 26 heavy (non-hydrogen) atoms. The number of likely N-dealkylation sites (tertiary alicyclic amines) is 1. The van der Waals surface area contributed by atoms with Crippen molar-refractivity contribution in [2.24, 2.45) is 5.92 Å². The van der Waals surface area contributed by atoms with Crippen LogP contribution in [0.2, 0.25) is 0 Å². The van der Waals surface area contributed by atoms with Gasteiger partial charge in [-0.3, -0.25) is 9.59 Å². The molecule has 1 aliphatic heterocycles. The normalized spacial score (nSPS) is 14.8. The van der Waals surface area contributed by atoms with Crippen LogP contribution in [0.5, 0.6) is 11.5 Å². The minimum Gasteiger partial charge on any atom is -0.493 e. The third-order valence-electron chi connectivity index (χ3n) is 4.84. The van der Waals surface area contributed by atoms with E-state index in [2.05, 4.69) is 5.32 Å². The number of rotatable bonds is 8. The van der Waals surface area contributed by atoms with Gasteiger partial charge in [0.25, 0.3) is 0 Å². The van der Waals surface area contributed by atoms with E-state index >= 15 is 0 Å². The molecule has 1 aromatic rings. The Labute approximate surface area is 155 Å². The summed E-state index contributed by atoms with van der Waals surface area (Å²) in [6, 6.07) is 5.78. The Morgan fingerprint density at radius 1 is 1.15 bits per heavy atom. The second kappa shape index (κ2) is 10.0. The Morgan fingerprint density at radius 3 is 2.46 bits per heavy atom. The summed E-state index contributed by atoms with van der Waals surface area (Å²) in [5.74, 6) is 1.70. The third-order valence-corrected chi connectivity index (χ3v) is 4.84. The van der Waals surface area contributed by atoms with Gasteiger partial charge in [0.2, 0.25) is 11.8 Å². The first-order valence-corrected chi connectivity index (χ1v) is 9.35. The van der Waals surface area contributed by atoms with E-state index in [0.717, 1.165) is 31.2 Å². The minimum absolute atomic E-state index is 0.00563. The number of nitrogens with one attached hydrogen (secondary N) is 1. The number of carbonyl (C=O) groups is 2. The molecule has 0 aliphatic carbocycles. The fourth-order valence-electron chi connectivity index (χ4n) is 3.27. The largest absolute Gasteiger partial charge is 0.493 e. The van der Waals surface area contributed by atoms with Crippen LogP contribution < -0.4 is 14.8 Å². The molecule has 0 bridgehead atoms. The number of ether oxygens (including phenoxy) is 2. The first kappa shape index (κ1) is 20.1. The zero-order valence-corrected chi connectivity index (χ0v) is 16.0. The van der Waals surface area contributed by atoms with Crippen LogP contribution in [0.25, 0.3) is 0 Å². The van der Waals surface area contributed by atoms with Crippen molar-refractivity contribution in [2.45, 2.75) is 39.0 Å². The SMILES string of the molecule is CCCC(=O)N1CCC(C(=O)NCCc2ccc(OC)c(OC)c2)CC1. The van der Waals surface area contributed by atoms with Crippen molar-refractivity contribution in [1.82, 2.24) is 10.2 Å². The molecule has 6 nitrogen and oxygen atoms in total. The molecule has 0 spiro atoms. The minimum atomic E-state index is 0.00563. The summed E-state index contributed by atoms with van der Waals surface area (Å²) in [5.41, 5.74) is 1.09. The molecule has 0 saturated carbocycles. The predicted molar refractivity (Wildman–Crippen MR) is 100 cm³/mol. The topological polar surface area (TPSA) is 67.9 Å². The number of benzene rings is 1. The second-order valence-electron chi connectivity index (χ2n) is 6.64. The van der Waals surface area contributed by atoms with Crippen LogP contribution in [0.1, 0.15) is 38.2 Å². The summed E-state index contributed by atoms with van der Waals surface area (Å²) in [7, 11) is 3.22. The average molecular weight is 362 g/mol. The molecule has 0 unspecified atom stereocenters. The van der Waals surface area contributed by atoms with Crippen molar-refractivity contribution < 1.29 is 19.1 Å². The Kier molecular flexibility index (Phi) is 7.75. The molecular weight excluding hydrogens is 332 g/mol. The van der Waals surface area contributed by atoms with E-state index in [4.69, 9.17) is 9.47 Å². The van der Waals surface area contributed by atoms with E-state index in [9.17, 15) is 9.59 Å². The monoisotopic (exact) mass is 362 g/mol. The molecule has 2 amide bonds.